The standard InChI is InChI=1S/C13H24O6S2/c14-10-5-1-3-7-12(10)20(16,17)9-21(18,19)13-8-4-2-6-11(13)15/h10-15H,1-9H2. The highest BCUT2D eigenvalue weighted by Crippen LogP contribution is 2.29. The van der Waals surface area contributed by atoms with E-state index in [0.717, 1.165) is 12.8 Å². The van der Waals surface area contributed by atoms with Crippen molar-refractivity contribution in [2.45, 2.75) is 74.1 Å². The Morgan fingerprint density at radius 3 is 1.33 bits per heavy atom. The van der Waals surface area contributed by atoms with E-state index in [4.69, 9.17) is 0 Å². The molecule has 0 radical (unpaired) electrons. The van der Waals surface area contributed by atoms with Gasteiger partial charge in [0.2, 0.25) is 0 Å². The van der Waals surface area contributed by atoms with Crippen LogP contribution in [0.5, 0.6) is 0 Å². The normalized spacial score (nSPS) is 35.5. The van der Waals surface area contributed by atoms with Crippen molar-refractivity contribution in [3.05, 3.63) is 0 Å². The van der Waals surface area contributed by atoms with Crippen LogP contribution in [0.1, 0.15) is 51.4 Å². The molecule has 4 unspecified atom stereocenters. The predicted molar refractivity (Wildman–Crippen MR) is 79.2 cm³/mol. The molecule has 2 aliphatic rings. The van der Waals surface area contributed by atoms with Gasteiger partial charge in [0.25, 0.3) is 0 Å². The largest absolute Gasteiger partial charge is 0.392 e. The molecule has 0 aromatic heterocycles. The lowest BCUT2D eigenvalue weighted by Crippen LogP contribution is -2.44. The summed E-state index contributed by atoms with van der Waals surface area (Å²) < 4.78 is 49.4. The fourth-order valence-corrected chi connectivity index (χ4v) is 8.91. The van der Waals surface area contributed by atoms with Crippen LogP contribution in [0, 0.1) is 0 Å². The molecule has 2 N–H and O–H groups in total. The minimum Gasteiger partial charge on any atom is -0.392 e. The van der Waals surface area contributed by atoms with E-state index in [9.17, 15) is 27.0 Å². The van der Waals surface area contributed by atoms with Crippen LogP contribution < -0.4 is 0 Å². The van der Waals surface area contributed by atoms with Crippen molar-refractivity contribution in [1.29, 1.82) is 0 Å². The van der Waals surface area contributed by atoms with Gasteiger partial charge in [0.05, 0.1) is 22.7 Å². The third-order valence-corrected chi connectivity index (χ3v) is 10.2. The topological polar surface area (TPSA) is 109 Å². The number of aliphatic hydroxyl groups is 2. The summed E-state index contributed by atoms with van der Waals surface area (Å²) >= 11 is 0. The number of hydrogen-bond donors (Lipinski definition) is 2. The fraction of sp³-hybridized carbons (Fsp3) is 1.00. The van der Waals surface area contributed by atoms with E-state index in [1.165, 1.54) is 0 Å². The van der Waals surface area contributed by atoms with Crippen molar-refractivity contribution >= 4 is 19.7 Å². The smallest absolute Gasteiger partial charge is 0.170 e. The Labute approximate surface area is 126 Å². The number of sulfone groups is 2. The molecule has 0 aliphatic heterocycles. The zero-order valence-corrected chi connectivity index (χ0v) is 13.7. The van der Waals surface area contributed by atoms with Gasteiger partial charge >= 0.3 is 0 Å². The van der Waals surface area contributed by atoms with Crippen LogP contribution in [0.25, 0.3) is 0 Å². The molecule has 0 aromatic rings. The molecule has 2 saturated carbocycles. The lowest BCUT2D eigenvalue weighted by atomic mass is 9.97. The highest BCUT2D eigenvalue weighted by atomic mass is 32.3. The molecular formula is C13H24O6S2. The monoisotopic (exact) mass is 340 g/mol. The van der Waals surface area contributed by atoms with Crippen molar-refractivity contribution < 1.29 is 27.0 Å². The Morgan fingerprint density at radius 1 is 0.667 bits per heavy atom. The summed E-state index contributed by atoms with van der Waals surface area (Å²) in [6.07, 6.45) is 2.37. The fourth-order valence-electron chi connectivity index (χ4n) is 3.40. The quantitative estimate of drug-likeness (QED) is 0.766. The summed E-state index contributed by atoms with van der Waals surface area (Å²) in [7, 11) is -7.82. The maximum Gasteiger partial charge on any atom is 0.170 e. The van der Waals surface area contributed by atoms with Gasteiger partial charge in [-0.25, -0.2) is 16.8 Å². The summed E-state index contributed by atoms with van der Waals surface area (Å²) in [5, 5.41) is 16.8. The average molecular weight is 340 g/mol. The molecule has 0 spiro atoms. The molecule has 0 bridgehead atoms. The maximum atomic E-state index is 12.3. The van der Waals surface area contributed by atoms with Gasteiger partial charge < -0.3 is 10.2 Å². The van der Waals surface area contributed by atoms with Gasteiger partial charge in [0.1, 0.15) is 0 Å². The molecule has 2 fully saturated rings. The maximum absolute atomic E-state index is 12.3. The van der Waals surface area contributed by atoms with E-state index in [2.05, 4.69) is 0 Å². The van der Waals surface area contributed by atoms with Crippen molar-refractivity contribution in [2.75, 3.05) is 5.08 Å². The van der Waals surface area contributed by atoms with Gasteiger partial charge in [0.15, 0.2) is 24.8 Å². The minimum absolute atomic E-state index is 0.312. The molecule has 0 amide bonds. The van der Waals surface area contributed by atoms with Crippen molar-refractivity contribution in [2.24, 2.45) is 0 Å². The molecule has 2 rings (SSSR count). The Bertz CT molecular complexity index is 503. The average Bonchev–Trinajstić information content (AvgIpc) is 2.38. The van der Waals surface area contributed by atoms with E-state index < -0.39 is 47.5 Å². The van der Waals surface area contributed by atoms with Crippen LogP contribution in [0.3, 0.4) is 0 Å². The van der Waals surface area contributed by atoms with Crippen LogP contribution in [-0.4, -0.2) is 54.8 Å². The summed E-state index contributed by atoms with van der Waals surface area (Å²) in [6, 6.07) is 0. The molecule has 8 heteroatoms. The minimum atomic E-state index is -3.91. The van der Waals surface area contributed by atoms with Crippen molar-refractivity contribution in [3.63, 3.8) is 0 Å². The highest BCUT2D eigenvalue weighted by Gasteiger charge is 2.42. The van der Waals surface area contributed by atoms with Crippen molar-refractivity contribution in [3.8, 4) is 0 Å². The molecular weight excluding hydrogens is 316 g/mol. The second-order valence-corrected chi connectivity index (χ2v) is 11.0. The van der Waals surface area contributed by atoms with E-state index in [-0.39, 0.29) is 0 Å². The van der Waals surface area contributed by atoms with Gasteiger partial charge in [-0.15, -0.1) is 0 Å². The number of rotatable bonds is 4. The Hall–Kier alpha value is -0.180. The molecule has 0 aromatic carbocycles. The van der Waals surface area contributed by atoms with E-state index in [1.54, 1.807) is 0 Å². The van der Waals surface area contributed by atoms with Crippen LogP contribution in [0.15, 0.2) is 0 Å². The van der Waals surface area contributed by atoms with Gasteiger partial charge in [-0.1, -0.05) is 25.7 Å². The Morgan fingerprint density at radius 2 is 1.00 bits per heavy atom. The van der Waals surface area contributed by atoms with Gasteiger partial charge in [-0.3, -0.25) is 0 Å². The molecule has 0 saturated heterocycles. The molecule has 21 heavy (non-hydrogen) atoms. The Balaban J connectivity index is 2.14. The molecule has 0 heterocycles. The predicted octanol–water partition coefficient (Wildman–Crippen LogP) is 0.380. The van der Waals surface area contributed by atoms with E-state index in [0.29, 0.717) is 38.5 Å². The number of aliphatic hydroxyl groups excluding tert-OH is 2. The van der Waals surface area contributed by atoms with Crippen LogP contribution in [-0.2, 0) is 19.7 Å². The van der Waals surface area contributed by atoms with E-state index in [1.807, 2.05) is 0 Å². The van der Waals surface area contributed by atoms with Crippen LogP contribution in [0.4, 0.5) is 0 Å². The summed E-state index contributed by atoms with van der Waals surface area (Å²) in [4.78, 5) is 0. The molecule has 2 aliphatic carbocycles. The summed E-state index contributed by atoms with van der Waals surface area (Å²) in [6.45, 7) is 0. The first-order valence-electron chi connectivity index (χ1n) is 7.53. The highest BCUT2D eigenvalue weighted by molar-refractivity contribution is 8.08. The SMILES string of the molecule is O=S(=O)(CS(=O)(=O)C1CCCCC1O)C1CCCCC1O. The van der Waals surface area contributed by atoms with Gasteiger partial charge in [-0.2, -0.15) is 0 Å². The number of hydrogen-bond acceptors (Lipinski definition) is 6. The molecule has 6 nitrogen and oxygen atoms in total. The van der Waals surface area contributed by atoms with Crippen molar-refractivity contribution in [1.82, 2.24) is 0 Å². The Kier molecular flexibility index (Phi) is 5.33. The van der Waals surface area contributed by atoms with Crippen LogP contribution in [0.2, 0.25) is 0 Å². The zero-order chi connectivity index (χ0) is 15.7. The first-order chi connectivity index (χ1) is 9.74. The van der Waals surface area contributed by atoms with Gasteiger partial charge in [0, 0.05) is 0 Å². The second kappa shape index (κ2) is 6.52. The third-order valence-electron chi connectivity index (χ3n) is 4.59. The van der Waals surface area contributed by atoms with Gasteiger partial charge in [-0.05, 0) is 25.7 Å². The van der Waals surface area contributed by atoms with E-state index >= 15 is 0 Å². The molecule has 124 valence electrons. The first kappa shape index (κ1) is 17.2. The summed E-state index contributed by atoms with van der Waals surface area (Å²) in [5.74, 6) is 0. The first-order valence-corrected chi connectivity index (χ1v) is 11.0. The van der Waals surface area contributed by atoms with Crippen LogP contribution >= 0.6 is 0 Å². The lowest BCUT2D eigenvalue weighted by molar-refractivity contribution is 0.133. The second-order valence-electron chi connectivity index (χ2n) is 6.22. The third kappa shape index (κ3) is 3.97. The molecule has 4 atom stereocenters. The zero-order valence-electron chi connectivity index (χ0n) is 12.0. The summed E-state index contributed by atoms with van der Waals surface area (Å²) in [5.41, 5.74) is 0. The lowest BCUT2D eigenvalue weighted by Gasteiger charge is -2.30.